The van der Waals surface area contributed by atoms with Gasteiger partial charge in [-0.05, 0) is 19.3 Å². The van der Waals surface area contributed by atoms with E-state index in [1.165, 1.54) is 109 Å². The van der Waals surface area contributed by atoms with Crippen molar-refractivity contribution in [3.05, 3.63) is 0 Å². The third-order valence-electron chi connectivity index (χ3n) is 5.39. The molecule has 0 fully saturated rings. The van der Waals surface area contributed by atoms with Gasteiger partial charge in [0.05, 0.1) is 26.7 Å². The van der Waals surface area contributed by atoms with E-state index in [2.05, 4.69) is 14.1 Å². The van der Waals surface area contributed by atoms with E-state index in [0.717, 1.165) is 12.8 Å². The van der Waals surface area contributed by atoms with E-state index in [1.54, 1.807) is 4.90 Å². The lowest BCUT2D eigenvalue weighted by Gasteiger charge is -2.06. The number of aliphatic hydroxyl groups excluding tert-OH is 1. The summed E-state index contributed by atoms with van der Waals surface area (Å²) in [4.78, 5) is 1.59. The van der Waals surface area contributed by atoms with Crippen LogP contribution in [0, 0.1) is 0 Å². The summed E-state index contributed by atoms with van der Waals surface area (Å²) in [5.74, 6) is 0.387. The van der Waals surface area contributed by atoms with E-state index in [0.29, 0.717) is 5.88 Å². The summed E-state index contributed by atoms with van der Waals surface area (Å²) < 4.78 is 0. The molecule has 0 saturated carbocycles. The molecule has 2 N–H and O–H groups in total. The second-order valence-corrected chi connectivity index (χ2v) is 8.87. The van der Waals surface area contributed by atoms with Crippen LogP contribution in [-0.2, 0) is 0 Å². The molecule has 0 aromatic rings. The van der Waals surface area contributed by atoms with E-state index in [1.807, 2.05) is 0 Å². The molecular formula is C23H49Cl2NO. The fourth-order valence-corrected chi connectivity index (χ4v) is 3.74. The zero-order valence-corrected chi connectivity index (χ0v) is 19.9. The highest BCUT2D eigenvalue weighted by molar-refractivity contribution is 6.18. The zero-order valence-electron chi connectivity index (χ0n) is 18.4. The van der Waals surface area contributed by atoms with Gasteiger partial charge >= 0.3 is 0 Å². The van der Waals surface area contributed by atoms with E-state index in [4.69, 9.17) is 11.6 Å². The molecular weight excluding hydrogens is 377 g/mol. The van der Waals surface area contributed by atoms with Gasteiger partial charge in [0, 0.05) is 5.88 Å². The van der Waals surface area contributed by atoms with Crippen LogP contribution < -0.4 is 17.3 Å². The largest absolute Gasteiger partial charge is 1.00 e. The Kier molecular flexibility index (Phi) is 27.0. The zero-order chi connectivity index (χ0) is 19.3. The Morgan fingerprint density at radius 3 is 1.19 bits per heavy atom. The molecule has 0 aliphatic carbocycles. The molecule has 1 atom stereocenters. The molecule has 0 aromatic heterocycles. The minimum Gasteiger partial charge on any atom is -1.00 e. The molecule has 0 aliphatic rings. The van der Waals surface area contributed by atoms with Crippen LogP contribution in [0.2, 0.25) is 0 Å². The first-order valence-electron chi connectivity index (χ1n) is 11.7. The number of alkyl halides is 1. The first-order chi connectivity index (χ1) is 12.7. The van der Waals surface area contributed by atoms with Crippen LogP contribution in [-0.4, -0.2) is 37.7 Å². The summed E-state index contributed by atoms with van der Waals surface area (Å²) >= 11 is 5.59. The summed E-state index contributed by atoms with van der Waals surface area (Å²) in [6.07, 6.45) is 24.3. The Morgan fingerprint density at radius 1 is 0.593 bits per heavy atom. The van der Waals surface area contributed by atoms with Gasteiger partial charge in [-0.15, -0.1) is 11.6 Å². The first-order valence-corrected chi connectivity index (χ1v) is 12.2. The van der Waals surface area contributed by atoms with Crippen molar-refractivity contribution < 1.29 is 22.4 Å². The molecule has 1 unspecified atom stereocenters. The fraction of sp³-hybridized carbons (Fsp3) is 1.00. The number of nitrogens with one attached hydrogen (secondary N) is 1. The maximum absolute atomic E-state index is 9.38. The molecule has 0 bridgehead atoms. The highest BCUT2D eigenvalue weighted by atomic mass is 35.5. The van der Waals surface area contributed by atoms with Gasteiger partial charge in [-0.3, -0.25) is 0 Å². The van der Waals surface area contributed by atoms with Crippen LogP contribution in [0.25, 0.3) is 0 Å². The van der Waals surface area contributed by atoms with Crippen LogP contribution in [0.5, 0.6) is 0 Å². The SMILES string of the molecule is C[NH+](C)CCCCCCCCCCCCCCCCCCCC(O)CCl.[Cl-]. The molecule has 4 heteroatoms. The Morgan fingerprint density at radius 2 is 0.889 bits per heavy atom. The van der Waals surface area contributed by atoms with Crippen molar-refractivity contribution in [3.63, 3.8) is 0 Å². The van der Waals surface area contributed by atoms with Gasteiger partial charge in [0.1, 0.15) is 0 Å². The molecule has 0 aliphatic heterocycles. The molecule has 2 nitrogen and oxygen atoms in total. The molecule has 0 radical (unpaired) electrons. The predicted molar refractivity (Wildman–Crippen MR) is 118 cm³/mol. The average molecular weight is 427 g/mol. The minimum atomic E-state index is -0.287. The number of halogens is 2. The quantitative estimate of drug-likeness (QED) is 0.214. The predicted octanol–water partition coefficient (Wildman–Crippen LogP) is 2.76. The van der Waals surface area contributed by atoms with Gasteiger partial charge in [0.25, 0.3) is 0 Å². The molecule has 0 rings (SSSR count). The average Bonchev–Trinajstić information content (AvgIpc) is 2.63. The second kappa shape index (κ2) is 24.5. The monoisotopic (exact) mass is 425 g/mol. The maximum atomic E-state index is 9.38. The lowest BCUT2D eigenvalue weighted by atomic mass is 10.0. The standard InChI is InChI=1S/C23H48ClNO.ClH/c1-25(2)21-19-17-15-13-11-9-7-5-3-4-6-8-10-12-14-16-18-20-23(26)22-24;/h23,26H,3-22H2,1-2H3;1H. The van der Waals surface area contributed by atoms with Gasteiger partial charge in [0.2, 0.25) is 0 Å². The number of quaternary nitrogens is 1. The summed E-state index contributed by atoms with van der Waals surface area (Å²) in [7, 11) is 4.50. The highest BCUT2D eigenvalue weighted by Crippen LogP contribution is 2.14. The summed E-state index contributed by atoms with van der Waals surface area (Å²) in [6.45, 7) is 1.33. The summed E-state index contributed by atoms with van der Waals surface area (Å²) in [6, 6.07) is 0. The van der Waals surface area contributed by atoms with Crippen molar-refractivity contribution in [1.82, 2.24) is 0 Å². The Labute approximate surface area is 182 Å². The summed E-state index contributed by atoms with van der Waals surface area (Å²) in [5.41, 5.74) is 0. The van der Waals surface area contributed by atoms with Gasteiger partial charge in [-0.1, -0.05) is 96.3 Å². The highest BCUT2D eigenvalue weighted by Gasteiger charge is 2.00. The van der Waals surface area contributed by atoms with Crippen LogP contribution in [0.15, 0.2) is 0 Å². The number of hydrogen-bond acceptors (Lipinski definition) is 1. The Bertz CT molecular complexity index is 265. The first kappa shape index (κ1) is 29.7. The van der Waals surface area contributed by atoms with Crippen molar-refractivity contribution in [1.29, 1.82) is 0 Å². The van der Waals surface area contributed by atoms with Crippen molar-refractivity contribution in [2.45, 2.75) is 122 Å². The van der Waals surface area contributed by atoms with Gasteiger partial charge < -0.3 is 22.4 Å². The van der Waals surface area contributed by atoms with E-state index in [-0.39, 0.29) is 18.5 Å². The molecule has 0 spiro atoms. The van der Waals surface area contributed by atoms with E-state index in [9.17, 15) is 5.11 Å². The van der Waals surface area contributed by atoms with Crippen molar-refractivity contribution in [2.75, 3.05) is 26.5 Å². The van der Waals surface area contributed by atoms with Crippen molar-refractivity contribution in [2.24, 2.45) is 0 Å². The second-order valence-electron chi connectivity index (χ2n) is 8.56. The number of unbranched alkanes of at least 4 members (excludes halogenated alkanes) is 16. The number of aliphatic hydroxyl groups is 1. The lowest BCUT2D eigenvalue weighted by molar-refractivity contribution is -0.858. The lowest BCUT2D eigenvalue weighted by Crippen LogP contribution is -3.05. The van der Waals surface area contributed by atoms with Gasteiger partial charge in [-0.25, -0.2) is 0 Å². The van der Waals surface area contributed by atoms with E-state index < -0.39 is 0 Å². The number of hydrogen-bond donors (Lipinski definition) is 2. The minimum absolute atomic E-state index is 0. The smallest absolute Gasteiger partial charge is 0.0766 e. The Hall–Kier alpha value is 0.500. The van der Waals surface area contributed by atoms with Gasteiger partial charge in [0.15, 0.2) is 0 Å². The molecule has 0 amide bonds. The molecule has 0 heterocycles. The van der Waals surface area contributed by atoms with Gasteiger partial charge in [-0.2, -0.15) is 0 Å². The molecule has 0 aromatic carbocycles. The van der Waals surface area contributed by atoms with Crippen molar-refractivity contribution >= 4 is 11.6 Å². The normalized spacial score (nSPS) is 12.3. The third kappa shape index (κ3) is 26.5. The van der Waals surface area contributed by atoms with E-state index >= 15 is 0 Å². The topological polar surface area (TPSA) is 24.7 Å². The van der Waals surface area contributed by atoms with Crippen LogP contribution in [0.1, 0.15) is 116 Å². The summed E-state index contributed by atoms with van der Waals surface area (Å²) in [5, 5.41) is 9.38. The van der Waals surface area contributed by atoms with Crippen molar-refractivity contribution in [3.8, 4) is 0 Å². The fourth-order valence-electron chi connectivity index (χ4n) is 3.59. The van der Waals surface area contributed by atoms with Crippen LogP contribution in [0.3, 0.4) is 0 Å². The van der Waals surface area contributed by atoms with Crippen LogP contribution in [0.4, 0.5) is 0 Å². The molecule has 27 heavy (non-hydrogen) atoms. The third-order valence-corrected chi connectivity index (χ3v) is 5.75. The maximum Gasteiger partial charge on any atom is 0.0766 e. The van der Waals surface area contributed by atoms with Crippen LogP contribution >= 0.6 is 11.6 Å². The number of rotatable bonds is 21. The Balaban J connectivity index is 0. The molecule has 0 saturated heterocycles. The molecule has 166 valence electrons.